The molecule has 0 aliphatic heterocycles. The van der Waals surface area contributed by atoms with Crippen molar-refractivity contribution in [2.45, 2.75) is 20.8 Å². The number of carbonyl (C=O) groups is 1. The van der Waals surface area contributed by atoms with E-state index in [-0.39, 0.29) is 18.4 Å². The SMILES string of the molecule is Cc1ccc(NC(=O)NCC(C)(C)/C(N)=N/O)cc1. The Bertz CT molecular complexity index is 466. The second-order valence-electron chi connectivity index (χ2n) is 5.04. The number of oxime groups is 1. The normalized spacial score (nSPS) is 12.1. The third-order valence-electron chi connectivity index (χ3n) is 2.80. The molecule has 1 aromatic rings. The molecule has 0 fully saturated rings. The summed E-state index contributed by atoms with van der Waals surface area (Å²) in [5.74, 6) is 0.0723. The average molecular weight is 264 g/mol. The molecule has 0 atom stereocenters. The van der Waals surface area contributed by atoms with Crippen LogP contribution in [0, 0.1) is 12.3 Å². The lowest BCUT2D eigenvalue weighted by Gasteiger charge is -2.23. The van der Waals surface area contributed by atoms with Crippen molar-refractivity contribution in [2.75, 3.05) is 11.9 Å². The van der Waals surface area contributed by atoms with E-state index in [4.69, 9.17) is 10.9 Å². The summed E-state index contributed by atoms with van der Waals surface area (Å²) in [6.07, 6.45) is 0. The van der Waals surface area contributed by atoms with Gasteiger partial charge in [-0.3, -0.25) is 0 Å². The zero-order chi connectivity index (χ0) is 14.5. The summed E-state index contributed by atoms with van der Waals surface area (Å²) >= 11 is 0. The Labute approximate surface area is 112 Å². The van der Waals surface area contributed by atoms with Crippen molar-refractivity contribution >= 4 is 17.6 Å². The zero-order valence-electron chi connectivity index (χ0n) is 11.4. The lowest BCUT2D eigenvalue weighted by Crippen LogP contribution is -2.43. The lowest BCUT2D eigenvalue weighted by atomic mass is 9.92. The van der Waals surface area contributed by atoms with Crippen molar-refractivity contribution in [3.63, 3.8) is 0 Å². The third-order valence-corrected chi connectivity index (χ3v) is 2.80. The van der Waals surface area contributed by atoms with Gasteiger partial charge in [0.1, 0.15) is 5.84 Å². The Hall–Kier alpha value is -2.24. The van der Waals surface area contributed by atoms with Gasteiger partial charge in [-0.1, -0.05) is 36.7 Å². The molecule has 0 saturated heterocycles. The van der Waals surface area contributed by atoms with Crippen molar-refractivity contribution in [2.24, 2.45) is 16.3 Å². The van der Waals surface area contributed by atoms with Crippen LogP contribution in [0.3, 0.4) is 0 Å². The molecule has 6 heteroatoms. The molecule has 1 aromatic carbocycles. The number of hydrogen-bond acceptors (Lipinski definition) is 3. The summed E-state index contributed by atoms with van der Waals surface area (Å²) in [7, 11) is 0. The summed E-state index contributed by atoms with van der Waals surface area (Å²) in [6, 6.07) is 7.14. The highest BCUT2D eigenvalue weighted by Gasteiger charge is 2.24. The van der Waals surface area contributed by atoms with Gasteiger partial charge in [-0.15, -0.1) is 0 Å². The first-order valence-corrected chi connectivity index (χ1v) is 5.94. The number of urea groups is 1. The average Bonchev–Trinajstić information content (AvgIpc) is 2.38. The van der Waals surface area contributed by atoms with Crippen LogP contribution < -0.4 is 16.4 Å². The number of aryl methyl sites for hydroxylation is 1. The number of rotatable bonds is 4. The van der Waals surface area contributed by atoms with Crippen LogP contribution in [-0.4, -0.2) is 23.6 Å². The van der Waals surface area contributed by atoms with Gasteiger partial charge < -0.3 is 21.6 Å². The Kier molecular flexibility index (Phi) is 4.74. The fourth-order valence-electron chi connectivity index (χ4n) is 1.34. The molecule has 0 heterocycles. The first-order valence-electron chi connectivity index (χ1n) is 5.94. The molecular weight excluding hydrogens is 244 g/mol. The maximum absolute atomic E-state index is 11.7. The first kappa shape index (κ1) is 14.8. The van der Waals surface area contributed by atoms with Crippen molar-refractivity contribution in [3.05, 3.63) is 29.8 Å². The number of carbonyl (C=O) groups excluding carboxylic acids is 1. The van der Waals surface area contributed by atoms with Crippen molar-refractivity contribution in [3.8, 4) is 0 Å². The molecule has 0 bridgehead atoms. The first-order chi connectivity index (χ1) is 8.85. The summed E-state index contributed by atoms with van der Waals surface area (Å²) in [4.78, 5) is 11.7. The number of amidine groups is 1. The van der Waals surface area contributed by atoms with Crippen LogP contribution in [0.25, 0.3) is 0 Å². The fourth-order valence-corrected chi connectivity index (χ4v) is 1.34. The smallest absolute Gasteiger partial charge is 0.319 e. The Morgan fingerprint density at radius 2 is 1.95 bits per heavy atom. The molecule has 0 unspecified atom stereocenters. The quantitative estimate of drug-likeness (QED) is 0.289. The second-order valence-corrected chi connectivity index (χ2v) is 5.04. The van der Waals surface area contributed by atoms with Gasteiger partial charge in [-0.05, 0) is 19.1 Å². The summed E-state index contributed by atoms with van der Waals surface area (Å²) in [5.41, 5.74) is 6.76. The van der Waals surface area contributed by atoms with Gasteiger partial charge in [0.2, 0.25) is 0 Å². The topological polar surface area (TPSA) is 99.7 Å². The molecule has 0 spiro atoms. The zero-order valence-corrected chi connectivity index (χ0v) is 11.4. The van der Waals surface area contributed by atoms with E-state index >= 15 is 0 Å². The minimum absolute atomic E-state index is 0.0723. The standard InChI is InChI=1S/C13H20N4O2/c1-9-4-6-10(7-5-9)16-12(18)15-8-13(2,3)11(14)17-19/h4-7,19H,8H2,1-3H3,(H2,14,17)(H2,15,16,18). The lowest BCUT2D eigenvalue weighted by molar-refractivity contribution is 0.248. The predicted molar refractivity (Wildman–Crippen MR) is 75.4 cm³/mol. The molecule has 0 aromatic heterocycles. The second kappa shape index (κ2) is 6.08. The molecular formula is C13H20N4O2. The van der Waals surface area contributed by atoms with Gasteiger partial charge in [-0.25, -0.2) is 4.79 Å². The van der Waals surface area contributed by atoms with Gasteiger partial charge in [-0.2, -0.15) is 0 Å². The highest BCUT2D eigenvalue weighted by molar-refractivity contribution is 5.90. The molecule has 0 aliphatic rings. The highest BCUT2D eigenvalue weighted by Crippen LogP contribution is 2.13. The van der Waals surface area contributed by atoms with Crippen LogP contribution in [0.2, 0.25) is 0 Å². The number of anilines is 1. The minimum atomic E-state index is -0.612. The summed E-state index contributed by atoms with van der Waals surface area (Å²) in [6.45, 7) is 5.78. The molecule has 19 heavy (non-hydrogen) atoms. The number of nitrogens with zero attached hydrogens (tertiary/aromatic N) is 1. The van der Waals surface area contributed by atoms with E-state index in [1.165, 1.54) is 0 Å². The number of nitrogens with two attached hydrogens (primary N) is 1. The van der Waals surface area contributed by atoms with Crippen LogP contribution >= 0.6 is 0 Å². The molecule has 2 amide bonds. The monoisotopic (exact) mass is 264 g/mol. The molecule has 0 saturated carbocycles. The van der Waals surface area contributed by atoms with E-state index in [0.29, 0.717) is 5.69 Å². The minimum Gasteiger partial charge on any atom is -0.409 e. The number of benzene rings is 1. The molecule has 5 N–H and O–H groups in total. The maximum atomic E-state index is 11.7. The number of hydrogen-bond donors (Lipinski definition) is 4. The van der Waals surface area contributed by atoms with Gasteiger partial charge in [0.15, 0.2) is 0 Å². The molecule has 6 nitrogen and oxygen atoms in total. The third kappa shape index (κ3) is 4.50. The summed E-state index contributed by atoms with van der Waals surface area (Å²) in [5, 5.41) is 17.0. The molecule has 1 rings (SSSR count). The van der Waals surface area contributed by atoms with Crippen LogP contribution in [0.1, 0.15) is 19.4 Å². The fraction of sp³-hybridized carbons (Fsp3) is 0.385. The van der Waals surface area contributed by atoms with Crippen molar-refractivity contribution < 1.29 is 10.0 Å². The highest BCUT2D eigenvalue weighted by atomic mass is 16.4. The van der Waals surface area contributed by atoms with Crippen LogP contribution in [0.15, 0.2) is 29.4 Å². The molecule has 0 radical (unpaired) electrons. The molecule has 0 aliphatic carbocycles. The predicted octanol–water partition coefficient (Wildman–Crippen LogP) is 1.89. The largest absolute Gasteiger partial charge is 0.409 e. The van der Waals surface area contributed by atoms with E-state index in [1.54, 1.807) is 13.8 Å². The van der Waals surface area contributed by atoms with E-state index in [9.17, 15) is 4.79 Å². The van der Waals surface area contributed by atoms with E-state index in [2.05, 4.69) is 15.8 Å². The van der Waals surface area contributed by atoms with Crippen LogP contribution in [0.4, 0.5) is 10.5 Å². The van der Waals surface area contributed by atoms with E-state index in [1.807, 2.05) is 31.2 Å². The Balaban J connectivity index is 2.50. The summed E-state index contributed by atoms with van der Waals surface area (Å²) < 4.78 is 0. The van der Waals surface area contributed by atoms with Crippen molar-refractivity contribution in [1.29, 1.82) is 0 Å². The van der Waals surface area contributed by atoms with Gasteiger partial charge in [0, 0.05) is 17.6 Å². The van der Waals surface area contributed by atoms with Crippen LogP contribution in [0.5, 0.6) is 0 Å². The van der Waals surface area contributed by atoms with E-state index in [0.717, 1.165) is 5.56 Å². The Morgan fingerprint density at radius 1 is 1.37 bits per heavy atom. The van der Waals surface area contributed by atoms with Gasteiger partial charge in [0.25, 0.3) is 0 Å². The van der Waals surface area contributed by atoms with Gasteiger partial charge >= 0.3 is 6.03 Å². The van der Waals surface area contributed by atoms with Crippen molar-refractivity contribution in [1.82, 2.24) is 5.32 Å². The molecule has 104 valence electrons. The maximum Gasteiger partial charge on any atom is 0.319 e. The van der Waals surface area contributed by atoms with Gasteiger partial charge in [0.05, 0.1) is 0 Å². The van der Waals surface area contributed by atoms with Crippen LogP contribution in [-0.2, 0) is 0 Å². The number of amides is 2. The number of nitrogens with one attached hydrogen (secondary N) is 2. The van der Waals surface area contributed by atoms with E-state index < -0.39 is 5.41 Å². The Morgan fingerprint density at radius 3 is 2.47 bits per heavy atom.